The third-order valence-electron chi connectivity index (χ3n) is 5.57. The minimum absolute atomic E-state index is 0.594. The molecule has 0 saturated carbocycles. The van der Waals surface area contributed by atoms with Crippen molar-refractivity contribution in [2.45, 2.75) is 5.60 Å². The molecule has 1 unspecified atom stereocenters. The third kappa shape index (κ3) is 3.19. The molecule has 0 aliphatic carbocycles. The van der Waals surface area contributed by atoms with E-state index >= 15 is 0 Å². The maximum Gasteiger partial charge on any atom is 0.158 e. The molecule has 2 aromatic carbocycles. The first-order valence-electron chi connectivity index (χ1n) is 9.83. The highest BCUT2D eigenvalue weighted by molar-refractivity contribution is 6.38. The number of hydrogen-bond acceptors (Lipinski definition) is 4. The van der Waals surface area contributed by atoms with E-state index in [0.717, 1.165) is 22.0 Å². The van der Waals surface area contributed by atoms with Crippen molar-refractivity contribution >= 4 is 22.5 Å². The summed E-state index contributed by atoms with van der Waals surface area (Å²) in [6.45, 7) is 0. The number of halogens is 1. The van der Waals surface area contributed by atoms with Crippen molar-refractivity contribution in [2.24, 2.45) is 7.05 Å². The standard InChI is InChI=1S/C25H19ClN4O/c1-30-16-28-15-23(30)25(31,19-8-5-11-27-13-19)18-9-10-22-20(12-18)24(26)21(14-29-22)17-6-3-2-4-7-17/h2-16,31H,1H3. The van der Waals surface area contributed by atoms with Crippen LogP contribution in [0.3, 0.4) is 0 Å². The Bertz CT molecular complexity index is 1370. The number of aliphatic hydroxyl groups is 1. The molecule has 5 aromatic rings. The van der Waals surface area contributed by atoms with Crippen molar-refractivity contribution in [3.05, 3.63) is 114 Å². The van der Waals surface area contributed by atoms with E-state index in [1.807, 2.05) is 61.6 Å². The fraction of sp³-hybridized carbons (Fsp3) is 0.0800. The molecule has 152 valence electrons. The molecule has 0 radical (unpaired) electrons. The van der Waals surface area contributed by atoms with Gasteiger partial charge in [-0.05, 0) is 29.3 Å². The van der Waals surface area contributed by atoms with Crippen LogP contribution in [0.15, 0.2) is 91.8 Å². The zero-order valence-electron chi connectivity index (χ0n) is 16.8. The minimum atomic E-state index is -1.46. The fourth-order valence-electron chi connectivity index (χ4n) is 3.95. The van der Waals surface area contributed by atoms with Gasteiger partial charge in [0.15, 0.2) is 5.60 Å². The molecule has 3 heterocycles. The summed E-state index contributed by atoms with van der Waals surface area (Å²) in [5.74, 6) is 0. The number of aryl methyl sites for hydroxylation is 1. The zero-order chi connectivity index (χ0) is 21.4. The second-order valence-corrected chi connectivity index (χ2v) is 7.80. The summed E-state index contributed by atoms with van der Waals surface area (Å²) in [7, 11) is 1.85. The number of hydrogen-bond donors (Lipinski definition) is 1. The number of fused-ring (bicyclic) bond motifs is 1. The van der Waals surface area contributed by atoms with Gasteiger partial charge in [0.25, 0.3) is 0 Å². The van der Waals surface area contributed by atoms with E-state index in [0.29, 0.717) is 21.8 Å². The van der Waals surface area contributed by atoms with Crippen LogP contribution in [0.25, 0.3) is 22.0 Å². The van der Waals surface area contributed by atoms with E-state index in [1.54, 1.807) is 41.7 Å². The summed E-state index contributed by atoms with van der Waals surface area (Å²) in [5.41, 5.74) is 3.06. The van der Waals surface area contributed by atoms with Crippen molar-refractivity contribution in [2.75, 3.05) is 0 Å². The average molecular weight is 427 g/mol. The summed E-state index contributed by atoms with van der Waals surface area (Å²) in [5, 5.41) is 13.4. The molecule has 0 aliphatic heterocycles. The third-order valence-corrected chi connectivity index (χ3v) is 5.98. The van der Waals surface area contributed by atoms with Crippen molar-refractivity contribution in [1.29, 1.82) is 0 Å². The Hall–Kier alpha value is -3.54. The van der Waals surface area contributed by atoms with Crippen LogP contribution in [0.5, 0.6) is 0 Å². The number of pyridine rings is 2. The van der Waals surface area contributed by atoms with Gasteiger partial charge in [0.2, 0.25) is 0 Å². The maximum absolute atomic E-state index is 12.1. The second kappa shape index (κ2) is 7.61. The first-order chi connectivity index (χ1) is 15.1. The molecule has 0 bridgehead atoms. The van der Waals surface area contributed by atoms with E-state index < -0.39 is 5.60 Å². The monoisotopic (exact) mass is 426 g/mol. The molecule has 0 saturated heterocycles. The normalized spacial score (nSPS) is 13.3. The lowest BCUT2D eigenvalue weighted by molar-refractivity contribution is 0.117. The topological polar surface area (TPSA) is 63.8 Å². The summed E-state index contributed by atoms with van der Waals surface area (Å²) in [6, 6.07) is 19.2. The highest BCUT2D eigenvalue weighted by atomic mass is 35.5. The largest absolute Gasteiger partial charge is 0.374 e. The van der Waals surface area contributed by atoms with E-state index in [4.69, 9.17) is 11.6 Å². The molecule has 1 N–H and O–H groups in total. The lowest BCUT2D eigenvalue weighted by Crippen LogP contribution is -2.31. The average Bonchev–Trinajstić information content (AvgIpc) is 3.26. The molecule has 0 aliphatic rings. The lowest BCUT2D eigenvalue weighted by Gasteiger charge is -2.29. The van der Waals surface area contributed by atoms with Crippen LogP contribution in [-0.2, 0) is 12.6 Å². The number of aromatic nitrogens is 4. The van der Waals surface area contributed by atoms with Gasteiger partial charge in [0, 0.05) is 42.2 Å². The van der Waals surface area contributed by atoms with Crippen LogP contribution >= 0.6 is 11.6 Å². The Morgan fingerprint density at radius 1 is 0.903 bits per heavy atom. The Morgan fingerprint density at radius 3 is 2.45 bits per heavy atom. The van der Waals surface area contributed by atoms with Crippen LogP contribution < -0.4 is 0 Å². The van der Waals surface area contributed by atoms with E-state index in [-0.39, 0.29) is 0 Å². The van der Waals surface area contributed by atoms with Crippen LogP contribution in [0.4, 0.5) is 0 Å². The fourth-order valence-corrected chi connectivity index (χ4v) is 4.26. The van der Waals surface area contributed by atoms with E-state index in [9.17, 15) is 5.11 Å². The number of nitrogens with zero attached hydrogens (tertiary/aromatic N) is 4. The Kier molecular flexibility index (Phi) is 4.77. The molecule has 5 rings (SSSR count). The van der Waals surface area contributed by atoms with Crippen LogP contribution in [0.1, 0.15) is 16.8 Å². The highest BCUT2D eigenvalue weighted by Gasteiger charge is 2.37. The summed E-state index contributed by atoms with van der Waals surface area (Å²) >= 11 is 6.85. The first kappa shape index (κ1) is 19.4. The van der Waals surface area contributed by atoms with Crippen LogP contribution in [-0.4, -0.2) is 24.6 Å². The van der Waals surface area contributed by atoms with Gasteiger partial charge in [-0.25, -0.2) is 4.98 Å². The van der Waals surface area contributed by atoms with Gasteiger partial charge in [-0.2, -0.15) is 0 Å². The summed E-state index contributed by atoms with van der Waals surface area (Å²) < 4.78 is 1.80. The van der Waals surface area contributed by atoms with Crippen molar-refractivity contribution in [1.82, 2.24) is 19.5 Å². The van der Waals surface area contributed by atoms with Gasteiger partial charge in [0.1, 0.15) is 0 Å². The van der Waals surface area contributed by atoms with E-state index in [1.165, 1.54) is 0 Å². The molecule has 0 spiro atoms. The summed E-state index contributed by atoms with van der Waals surface area (Å²) in [6.07, 6.45) is 8.46. The van der Waals surface area contributed by atoms with Gasteiger partial charge in [0.05, 0.1) is 28.8 Å². The molecule has 3 aromatic heterocycles. The SMILES string of the molecule is Cn1cncc1C(O)(c1cccnc1)c1ccc2ncc(-c3ccccc3)c(Cl)c2c1. The predicted molar refractivity (Wildman–Crippen MR) is 122 cm³/mol. The van der Waals surface area contributed by atoms with Gasteiger partial charge >= 0.3 is 0 Å². The molecular weight excluding hydrogens is 408 g/mol. The maximum atomic E-state index is 12.1. The summed E-state index contributed by atoms with van der Waals surface area (Å²) in [4.78, 5) is 13.0. The molecular formula is C25H19ClN4O. The van der Waals surface area contributed by atoms with Crippen LogP contribution in [0.2, 0.25) is 5.02 Å². The number of benzene rings is 2. The molecule has 1 atom stereocenters. The molecule has 5 nitrogen and oxygen atoms in total. The Morgan fingerprint density at radius 2 is 1.74 bits per heavy atom. The van der Waals surface area contributed by atoms with Crippen LogP contribution in [0, 0.1) is 0 Å². The van der Waals surface area contributed by atoms with Crippen molar-refractivity contribution in [3.8, 4) is 11.1 Å². The first-order valence-corrected chi connectivity index (χ1v) is 10.2. The highest BCUT2D eigenvalue weighted by Crippen LogP contribution is 2.39. The second-order valence-electron chi connectivity index (χ2n) is 7.43. The number of rotatable bonds is 4. The van der Waals surface area contributed by atoms with Gasteiger partial charge in [-0.1, -0.05) is 54.1 Å². The smallest absolute Gasteiger partial charge is 0.158 e. The number of imidazole rings is 1. The molecule has 6 heteroatoms. The lowest BCUT2D eigenvalue weighted by atomic mass is 9.83. The molecule has 31 heavy (non-hydrogen) atoms. The predicted octanol–water partition coefficient (Wildman–Crippen LogP) is 4.97. The zero-order valence-corrected chi connectivity index (χ0v) is 17.5. The van der Waals surface area contributed by atoms with E-state index in [2.05, 4.69) is 15.0 Å². The van der Waals surface area contributed by atoms with Gasteiger partial charge in [-0.15, -0.1) is 0 Å². The van der Waals surface area contributed by atoms with Crippen molar-refractivity contribution < 1.29 is 5.11 Å². The Labute approximate surface area is 184 Å². The Balaban J connectivity index is 1.76. The van der Waals surface area contributed by atoms with Gasteiger partial charge in [-0.3, -0.25) is 9.97 Å². The molecule has 0 amide bonds. The quantitative estimate of drug-likeness (QED) is 0.440. The van der Waals surface area contributed by atoms with Gasteiger partial charge < -0.3 is 9.67 Å². The molecule has 0 fully saturated rings. The van der Waals surface area contributed by atoms with Crippen molar-refractivity contribution in [3.63, 3.8) is 0 Å². The minimum Gasteiger partial charge on any atom is -0.374 e.